The van der Waals surface area contributed by atoms with Crippen molar-refractivity contribution < 1.29 is 9.59 Å². The van der Waals surface area contributed by atoms with E-state index in [1.54, 1.807) is 28.9 Å². The molecule has 1 aliphatic rings. The molecule has 7 heteroatoms. The van der Waals surface area contributed by atoms with Gasteiger partial charge < -0.3 is 10.6 Å². The van der Waals surface area contributed by atoms with Crippen LogP contribution in [0.25, 0.3) is 0 Å². The quantitative estimate of drug-likeness (QED) is 0.745. The zero-order valence-electron chi connectivity index (χ0n) is 15.9. The van der Waals surface area contributed by atoms with Crippen molar-refractivity contribution in [3.8, 4) is 0 Å². The highest BCUT2D eigenvalue weighted by atomic mass is 35.5. The van der Waals surface area contributed by atoms with Crippen molar-refractivity contribution in [3.05, 3.63) is 52.3 Å². The number of nitrogens with zero attached hydrogens (tertiary/aromatic N) is 2. The second-order valence-electron chi connectivity index (χ2n) is 7.80. The minimum absolute atomic E-state index is 0.184. The van der Waals surface area contributed by atoms with E-state index in [0.29, 0.717) is 35.3 Å². The maximum atomic E-state index is 12.6. The van der Waals surface area contributed by atoms with Crippen molar-refractivity contribution in [2.75, 3.05) is 13.1 Å². The third kappa shape index (κ3) is 4.69. The van der Waals surface area contributed by atoms with Gasteiger partial charge in [-0.05, 0) is 51.8 Å². The van der Waals surface area contributed by atoms with Gasteiger partial charge in [0.1, 0.15) is 5.69 Å². The summed E-state index contributed by atoms with van der Waals surface area (Å²) in [5, 5.41) is 10.7. The van der Waals surface area contributed by atoms with E-state index in [4.69, 9.17) is 11.6 Å². The van der Waals surface area contributed by atoms with Crippen LogP contribution >= 0.6 is 11.6 Å². The van der Waals surface area contributed by atoms with Crippen LogP contribution in [0.3, 0.4) is 0 Å². The molecule has 1 aliphatic carbocycles. The average molecular weight is 389 g/mol. The first kappa shape index (κ1) is 19.4. The van der Waals surface area contributed by atoms with Crippen LogP contribution in [-0.2, 0) is 5.54 Å². The van der Waals surface area contributed by atoms with Gasteiger partial charge in [-0.25, -0.2) is 0 Å². The molecule has 0 bridgehead atoms. The molecule has 1 heterocycles. The van der Waals surface area contributed by atoms with Crippen molar-refractivity contribution in [2.45, 2.75) is 45.1 Å². The third-order valence-electron chi connectivity index (χ3n) is 4.41. The highest BCUT2D eigenvalue weighted by molar-refractivity contribution is 6.33. The van der Waals surface area contributed by atoms with E-state index in [1.807, 2.05) is 26.8 Å². The fourth-order valence-corrected chi connectivity index (χ4v) is 3.06. The molecule has 0 radical (unpaired) electrons. The smallest absolute Gasteiger partial charge is 0.269 e. The molecule has 1 fully saturated rings. The van der Waals surface area contributed by atoms with E-state index >= 15 is 0 Å². The minimum atomic E-state index is -0.280. The molecule has 0 unspecified atom stereocenters. The molecule has 2 aromatic rings. The van der Waals surface area contributed by atoms with Crippen LogP contribution in [0.5, 0.6) is 0 Å². The maximum absolute atomic E-state index is 12.6. The number of halogens is 1. The highest BCUT2D eigenvalue weighted by Crippen LogP contribution is 2.40. The van der Waals surface area contributed by atoms with Gasteiger partial charge in [-0.1, -0.05) is 23.7 Å². The number of rotatable bonds is 6. The van der Waals surface area contributed by atoms with Gasteiger partial charge in [-0.3, -0.25) is 14.3 Å². The van der Waals surface area contributed by atoms with Gasteiger partial charge >= 0.3 is 0 Å². The SMILES string of the molecule is CC(C)(C)n1nc(C2CC2)cc1C(=O)NCCNC(=O)c1ccccc1Cl. The molecule has 3 rings (SSSR count). The first-order valence-corrected chi connectivity index (χ1v) is 9.56. The van der Waals surface area contributed by atoms with Crippen molar-refractivity contribution in [3.63, 3.8) is 0 Å². The highest BCUT2D eigenvalue weighted by Gasteiger charge is 2.31. The van der Waals surface area contributed by atoms with Gasteiger partial charge in [0.25, 0.3) is 11.8 Å². The summed E-state index contributed by atoms with van der Waals surface area (Å²) in [6, 6.07) is 8.75. The van der Waals surface area contributed by atoms with Gasteiger partial charge in [-0.15, -0.1) is 0 Å². The Morgan fingerprint density at radius 2 is 1.78 bits per heavy atom. The zero-order chi connectivity index (χ0) is 19.6. The van der Waals surface area contributed by atoms with Crippen LogP contribution in [0, 0.1) is 0 Å². The minimum Gasteiger partial charge on any atom is -0.350 e. The standard InChI is InChI=1S/C20H25ClN4O2/c1-20(2,3)25-17(12-16(24-25)13-8-9-13)19(27)23-11-10-22-18(26)14-6-4-5-7-15(14)21/h4-7,12-13H,8-11H2,1-3H3,(H,22,26)(H,23,27). The van der Waals surface area contributed by atoms with Gasteiger partial charge in [0, 0.05) is 19.0 Å². The summed E-state index contributed by atoms with van der Waals surface area (Å²) >= 11 is 6.02. The summed E-state index contributed by atoms with van der Waals surface area (Å²) in [5.74, 6) is 0.0389. The largest absolute Gasteiger partial charge is 0.350 e. The summed E-state index contributed by atoms with van der Waals surface area (Å²) in [4.78, 5) is 24.8. The van der Waals surface area contributed by atoms with Crippen LogP contribution in [0.1, 0.15) is 66.1 Å². The summed E-state index contributed by atoms with van der Waals surface area (Å²) in [6.45, 7) is 6.71. The average Bonchev–Trinajstić information content (AvgIpc) is 3.35. The lowest BCUT2D eigenvalue weighted by atomic mass is 10.1. The Labute approximate surface area is 164 Å². The van der Waals surface area contributed by atoms with Crippen molar-refractivity contribution in [1.29, 1.82) is 0 Å². The molecule has 0 saturated heterocycles. The Morgan fingerprint density at radius 3 is 2.37 bits per heavy atom. The first-order chi connectivity index (χ1) is 12.8. The number of nitrogens with one attached hydrogen (secondary N) is 2. The zero-order valence-corrected chi connectivity index (χ0v) is 16.6. The van der Waals surface area contributed by atoms with Gasteiger partial charge in [0.2, 0.25) is 0 Å². The number of hydrogen-bond donors (Lipinski definition) is 2. The molecule has 0 spiro atoms. The van der Waals surface area contributed by atoms with E-state index in [1.165, 1.54) is 0 Å². The van der Waals surface area contributed by atoms with Crippen LogP contribution in [0.15, 0.2) is 30.3 Å². The normalized spacial score (nSPS) is 14.1. The van der Waals surface area contributed by atoms with Crippen LogP contribution < -0.4 is 10.6 Å². The molecular formula is C20H25ClN4O2. The van der Waals surface area contributed by atoms with E-state index in [9.17, 15) is 9.59 Å². The monoisotopic (exact) mass is 388 g/mol. The lowest BCUT2D eigenvalue weighted by molar-refractivity contribution is 0.0917. The van der Waals surface area contributed by atoms with E-state index in [0.717, 1.165) is 18.5 Å². The Hall–Kier alpha value is -2.34. The third-order valence-corrected chi connectivity index (χ3v) is 4.74. The van der Waals surface area contributed by atoms with Gasteiger partial charge in [0.15, 0.2) is 0 Å². The number of benzene rings is 1. The Kier molecular flexibility index (Phi) is 5.56. The molecule has 27 heavy (non-hydrogen) atoms. The fraction of sp³-hybridized carbons (Fsp3) is 0.450. The molecule has 1 aromatic carbocycles. The Morgan fingerprint density at radius 1 is 1.15 bits per heavy atom. The summed E-state index contributed by atoms with van der Waals surface area (Å²) in [7, 11) is 0. The second kappa shape index (κ2) is 7.72. The van der Waals surface area contributed by atoms with E-state index in [-0.39, 0.29) is 17.4 Å². The summed E-state index contributed by atoms with van der Waals surface area (Å²) < 4.78 is 1.79. The molecule has 1 aromatic heterocycles. The van der Waals surface area contributed by atoms with Crippen LogP contribution in [-0.4, -0.2) is 34.7 Å². The molecule has 6 nitrogen and oxygen atoms in total. The molecule has 0 aliphatic heterocycles. The fourth-order valence-electron chi connectivity index (χ4n) is 2.83. The number of carbonyl (C=O) groups excluding carboxylic acids is 2. The van der Waals surface area contributed by atoms with Crippen molar-refractivity contribution >= 4 is 23.4 Å². The topological polar surface area (TPSA) is 76.0 Å². The molecule has 1 saturated carbocycles. The molecular weight excluding hydrogens is 364 g/mol. The van der Waals surface area contributed by atoms with Crippen LogP contribution in [0.4, 0.5) is 0 Å². The summed E-state index contributed by atoms with van der Waals surface area (Å²) in [6.07, 6.45) is 2.27. The van der Waals surface area contributed by atoms with Gasteiger partial charge in [0.05, 0.1) is 21.8 Å². The molecule has 2 N–H and O–H groups in total. The first-order valence-electron chi connectivity index (χ1n) is 9.19. The number of amides is 2. The van der Waals surface area contributed by atoms with Crippen LogP contribution in [0.2, 0.25) is 5.02 Å². The second-order valence-corrected chi connectivity index (χ2v) is 8.21. The molecule has 2 amide bonds. The lowest BCUT2D eigenvalue weighted by Gasteiger charge is -2.22. The molecule has 0 atom stereocenters. The molecule has 144 valence electrons. The van der Waals surface area contributed by atoms with E-state index in [2.05, 4.69) is 15.7 Å². The predicted molar refractivity (Wildman–Crippen MR) is 105 cm³/mol. The number of carbonyl (C=O) groups is 2. The summed E-state index contributed by atoms with van der Waals surface area (Å²) in [5.41, 5.74) is 1.69. The number of aromatic nitrogens is 2. The lowest BCUT2D eigenvalue weighted by Crippen LogP contribution is -2.37. The van der Waals surface area contributed by atoms with Crippen molar-refractivity contribution in [1.82, 2.24) is 20.4 Å². The van der Waals surface area contributed by atoms with Gasteiger partial charge in [-0.2, -0.15) is 5.10 Å². The maximum Gasteiger partial charge on any atom is 0.269 e. The number of hydrogen-bond acceptors (Lipinski definition) is 3. The van der Waals surface area contributed by atoms with E-state index < -0.39 is 0 Å². The Balaban J connectivity index is 1.57. The predicted octanol–water partition coefficient (Wildman–Crippen LogP) is 3.33. The Bertz CT molecular complexity index is 850. The van der Waals surface area contributed by atoms with Crippen molar-refractivity contribution in [2.24, 2.45) is 0 Å².